The van der Waals surface area contributed by atoms with E-state index < -0.39 is 36.6 Å². The molecule has 0 saturated carbocycles. The first kappa shape index (κ1) is 31.0. The molecule has 1 atom stereocenters. The van der Waals surface area contributed by atoms with Crippen LogP contribution >= 0.6 is 0 Å². The summed E-state index contributed by atoms with van der Waals surface area (Å²) in [5.41, 5.74) is -2.38. The Hall–Kier alpha value is -4.43. The third-order valence-electron chi connectivity index (χ3n) is 7.46. The lowest BCUT2D eigenvalue weighted by Crippen LogP contribution is -2.58. The van der Waals surface area contributed by atoms with Crippen LogP contribution in [0.15, 0.2) is 48.5 Å². The Morgan fingerprint density at radius 1 is 1.00 bits per heavy atom. The van der Waals surface area contributed by atoms with E-state index in [1.807, 2.05) is 13.8 Å². The zero-order valence-electron chi connectivity index (χ0n) is 23.8. The van der Waals surface area contributed by atoms with Crippen molar-refractivity contribution < 1.29 is 35.9 Å². The minimum absolute atomic E-state index is 0.00209. The number of hydrogen-bond acceptors (Lipinski definition) is 6. The number of H-pyrrole nitrogens is 1. The van der Waals surface area contributed by atoms with Crippen LogP contribution in [0.2, 0.25) is 0 Å². The predicted molar refractivity (Wildman–Crippen MR) is 148 cm³/mol. The molecule has 0 radical (unpaired) electrons. The van der Waals surface area contributed by atoms with E-state index in [2.05, 4.69) is 31.0 Å². The number of amides is 1. The summed E-state index contributed by atoms with van der Waals surface area (Å²) in [6.45, 7) is 3.87. The second kappa shape index (κ2) is 11.9. The van der Waals surface area contributed by atoms with Crippen molar-refractivity contribution >= 4 is 28.0 Å². The van der Waals surface area contributed by atoms with Crippen molar-refractivity contribution in [2.24, 2.45) is 0 Å². The summed E-state index contributed by atoms with van der Waals surface area (Å²) in [6, 6.07) is 12.0. The van der Waals surface area contributed by atoms with Gasteiger partial charge in [0, 0.05) is 29.8 Å². The van der Waals surface area contributed by atoms with E-state index in [1.54, 1.807) is 28.9 Å². The molecule has 0 unspecified atom stereocenters. The van der Waals surface area contributed by atoms with Gasteiger partial charge < -0.3 is 10.1 Å². The average Bonchev–Trinajstić information content (AvgIpc) is 3.62. The van der Waals surface area contributed by atoms with Crippen molar-refractivity contribution in [3.05, 3.63) is 65.6 Å². The van der Waals surface area contributed by atoms with Gasteiger partial charge in [-0.15, -0.1) is 10.2 Å². The van der Waals surface area contributed by atoms with Crippen LogP contribution < -0.4 is 10.1 Å². The Bertz CT molecular complexity index is 1640. The highest BCUT2D eigenvalue weighted by atomic mass is 19.4. The molecule has 3 heterocycles. The first-order valence-corrected chi connectivity index (χ1v) is 13.9. The second-order valence-corrected chi connectivity index (χ2v) is 10.8. The molecule has 15 heteroatoms. The third kappa shape index (κ3) is 6.13. The van der Waals surface area contributed by atoms with Gasteiger partial charge in [0.25, 0.3) is 5.91 Å². The highest BCUT2D eigenvalue weighted by Crippen LogP contribution is 2.50. The quantitative estimate of drug-likeness (QED) is 0.154. The standard InChI is InChI=1S/C29H29F6N7O2/c1-17(2)42-22-9-5-4-8-20(22)24(39-42)21-16-27(29(33,34)35,36-26(43)23(21)25-37-40-41-38-25)18-10-12-19(13-11-18)44-15-7-3-6-14-28(30,31)32/h4-5,8-13,17H,3,6-7,14-16H2,1-2H3,(H,36,43)(H,37,38,40,41)/t27-/m0/s1. The fourth-order valence-electron chi connectivity index (χ4n) is 5.34. The van der Waals surface area contributed by atoms with E-state index in [1.165, 1.54) is 24.3 Å². The number of tetrazole rings is 1. The molecule has 234 valence electrons. The largest absolute Gasteiger partial charge is 0.494 e. The van der Waals surface area contributed by atoms with Crippen molar-refractivity contribution in [3.8, 4) is 5.75 Å². The molecule has 0 aliphatic carbocycles. The molecule has 2 aromatic carbocycles. The maximum atomic E-state index is 15.1. The molecule has 1 aliphatic rings. The first-order chi connectivity index (χ1) is 20.8. The van der Waals surface area contributed by atoms with Gasteiger partial charge in [0.05, 0.1) is 23.4 Å². The number of ether oxygens (including phenoxy) is 1. The average molecular weight is 622 g/mol. The number of carbonyl (C=O) groups excluding carboxylic acids is 1. The second-order valence-electron chi connectivity index (χ2n) is 10.8. The van der Waals surface area contributed by atoms with E-state index in [4.69, 9.17) is 4.74 Å². The number of alkyl halides is 6. The van der Waals surface area contributed by atoms with E-state index in [0.717, 1.165) is 0 Å². The van der Waals surface area contributed by atoms with Gasteiger partial charge in [0.2, 0.25) is 5.82 Å². The predicted octanol–water partition coefficient (Wildman–Crippen LogP) is 6.52. The molecule has 5 rings (SSSR count). The lowest BCUT2D eigenvalue weighted by atomic mass is 9.77. The van der Waals surface area contributed by atoms with Gasteiger partial charge in [-0.25, -0.2) is 0 Å². The van der Waals surface area contributed by atoms with Gasteiger partial charge in [0.1, 0.15) is 5.75 Å². The Labute approximate surface area is 247 Å². The van der Waals surface area contributed by atoms with E-state index in [0.29, 0.717) is 23.7 Å². The topological polar surface area (TPSA) is 111 Å². The number of hydrogen-bond donors (Lipinski definition) is 2. The van der Waals surface area contributed by atoms with E-state index in [-0.39, 0.29) is 53.0 Å². The number of nitrogens with zero attached hydrogens (tertiary/aromatic N) is 5. The van der Waals surface area contributed by atoms with Crippen molar-refractivity contribution in [1.29, 1.82) is 0 Å². The number of nitrogens with one attached hydrogen (secondary N) is 2. The summed E-state index contributed by atoms with van der Waals surface area (Å²) in [5, 5.41) is 20.9. The Morgan fingerprint density at radius 2 is 1.73 bits per heavy atom. The van der Waals surface area contributed by atoms with Crippen LogP contribution in [0.4, 0.5) is 26.3 Å². The SMILES string of the molecule is CC(C)n1nc(C2=C(c3nn[nH]n3)C(=O)N[C@@](c3ccc(OCCCCCC(F)(F)F)cc3)(C(F)(F)F)C2)c2ccccc21. The number of carbonyl (C=O) groups is 1. The van der Waals surface area contributed by atoms with Crippen LogP contribution in [0, 0.1) is 0 Å². The maximum absolute atomic E-state index is 15.1. The lowest BCUT2D eigenvalue weighted by molar-refractivity contribution is -0.201. The van der Waals surface area contributed by atoms with Gasteiger partial charge in [0.15, 0.2) is 5.54 Å². The molecule has 0 fully saturated rings. The molecule has 44 heavy (non-hydrogen) atoms. The highest BCUT2D eigenvalue weighted by molar-refractivity contribution is 6.28. The smallest absolute Gasteiger partial charge is 0.416 e. The summed E-state index contributed by atoms with van der Waals surface area (Å²) in [6.07, 6.45) is -10.2. The van der Waals surface area contributed by atoms with E-state index >= 15 is 13.2 Å². The van der Waals surface area contributed by atoms with Crippen LogP contribution in [0.3, 0.4) is 0 Å². The van der Waals surface area contributed by atoms with Crippen molar-refractivity contribution in [2.75, 3.05) is 6.61 Å². The number of rotatable bonds is 10. The molecule has 0 bridgehead atoms. The third-order valence-corrected chi connectivity index (χ3v) is 7.46. The number of unbranched alkanes of at least 4 members (excludes halogenated alkanes) is 2. The monoisotopic (exact) mass is 621 g/mol. The van der Waals surface area contributed by atoms with Gasteiger partial charge >= 0.3 is 12.4 Å². The number of aromatic amines is 1. The molecule has 1 amide bonds. The Morgan fingerprint density at radius 3 is 2.36 bits per heavy atom. The van der Waals surface area contributed by atoms with Crippen molar-refractivity contribution in [2.45, 2.75) is 69.9 Å². The number of fused-ring (bicyclic) bond motifs is 1. The molecule has 2 aromatic heterocycles. The molecule has 1 aliphatic heterocycles. The van der Waals surface area contributed by atoms with Crippen LogP contribution in [-0.2, 0) is 10.3 Å². The minimum Gasteiger partial charge on any atom is -0.494 e. The van der Waals surface area contributed by atoms with E-state index in [9.17, 15) is 18.0 Å². The number of aromatic nitrogens is 6. The van der Waals surface area contributed by atoms with Crippen molar-refractivity contribution in [1.82, 2.24) is 35.7 Å². The summed E-state index contributed by atoms with van der Waals surface area (Å²) in [5.74, 6) is -0.975. The fraction of sp³-hybridized carbons (Fsp3) is 0.414. The molecular weight excluding hydrogens is 592 g/mol. The molecule has 9 nitrogen and oxygen atoms in total. The minimum atomic E-state index is -4.95. The summed E-state index contributed by atoms with van der Waals surface area (Å²) >= 11 is 0. The Balaban J connectivity index is 1.51. The molecule has 4 aromatic rings. The zero-order chi connectivity index (χ0) is 31.7. The lowest BCUT2D eigenvalue weighted by Gasteiger charge is -2.41. The number of para-hydroxylation sites is 1. The molecule has 2 N–H and O–H groups in total. The summed E-state index contributed by atoms with van der Waals surface area (Å²) < 4.78 is 89.6. The maximum Gasteiger partial charge on any atom is 0.416 e. The van der Waals surface area contributed by atoms with Crippen molar-refractivity contribution in [3.63, 3.8) is 0 Å². The zero-order valence-corrected chi connectivity index (χ0v) is 23.8. The summed E-state index contributed by atoms with van der Waals surface area (Å²) in [4.78, 5) is 13.6. The number of benzene rings is 2. The van der Waals surface area contributed by atoms with Crippen LogP contribution in [0.1, 0.15) is 69.1 Å². The molecular formula is C29H29F6N7O2. The van der Waals surface area contributed by atoms with Gasteiger partial charge in [-0.05, 0) is 62.1 Å². The fourth-order valence-corrected chi connectivity index (χ4v) is 5.34. The van der Waals surface area contributed by atoms with Gasteiger partial charge in [-0.2, -0.15) is 36.7 Å². The number of halogens is 6. The summed E-state index contributed by atoms with van der Waals surface area (Å²) in [7, 11) is 0. The highest BCUT2D eigenvalue weighted by Gasteiger charge is 2.60. The molecule has 0 saturated heterocycles. The first-order valence-electron chi connectivity index (χ1n) is 13.9. The van der Waals surface area contributed by atoms with Gasteiger partial charge in [-0.1, -0.05) is 30.3 Å². The van der Waals surface area contributed by atoms with Crippen LogP contribution in [0.25, 0.3) is 22.0 Å². The normalized spacial score (nSPS) is 17.9. The van der Waals surface area contributed by atoms with Gasteiger partial charge in [-0.3, -0.25) is 9.48 Å². The molecule has 0 spiro atoms. The van der Waals surface area contributed by atoms with Crippen LogP contribution in [0.5, 0.6) is 5.75 Å². The van der Waals surface area contributed by atoms with Crippen LogP contribution in [-0.4, -0.2) is 55.3 Å². The Kier molecular flexibility index (Phi) is 8.40.